The lowest BCUT2D eigenvalue weighted by atomic mass is 10.4. The maximum absolute atomic E-state index is 5.35. The van der Waals surface area contributed by atoms with Crippen molar-refractivity contribution >= 4 is 15.9 Å². The number of fused-ring (bicyclic) bond motifs is 1. The van der Waals surface area contributed by atoms with E-state index in [1.807, 2.05) is 17.7 Å². The maximum atomic E-state index is 5.35. The molecule has 1 atom stereocenters. The van der Waals surface area contributed by atoms with Crippen molar-refractivity contribution < 1.29 is 4.74 Å². The lowest BCUT2D eigenvalue weighted by Gasteiger charge is -1.97. The Kier molecular flexibility index (Phi) is 1.23. The molecule has 1 aliphatic rings. The molecule has 1 aromatic heterocycles. The highest BCUT2D eigenvalue weighted by Crippen LogP contribution is 2.22. The first-order chi connectivity index (χ1) is 4.75. The van der Waals surface area contributed by atoms with Crippen LogP contribution < -0.4 is 4.74 Å². The second-order valence-corrected chi connectivity index (χ2v) is 3.24. The zero-order chi connectivity index (χ0) is 7.14. The maximum Gasteiger partial charge on any atom is 0.297 e. The van der Waals surface area contributed by atoms with Gasteiger partial charge in [0.15, 0.2) is 0 Å². The Bertz CT molecular complexity index is 235. The molecule has 2 rings (SSSR count). The number of rotatable bonds is 0. The van der Waals surface area contributed by atoms with Crippen LogP contribution in [0.25, 0.3) is 0 Å². The van der Waals surface area contributed by atoms with Gasteiger partial charge in [0, 0.05) is 6.20 Å². The fourth-order valence-corrected chi connectivity index (χ4v) is 1.49. The van der Waals surface area contributed by atoms with Gasteiger partial charge in [-0.2, -0.15) is 4.98 Å². The molecule has 0 amide bonds. The van der Waals surface area contributed by atoms with Crippen molar-refractivity contribution in [3.63, 3.8) is 0 Å². The zero-order valence-electron chi connectivity index (χ0n) is 5.54. The van der Waals surface area contributed by atoms with Crippen molar-refractivity contribution in [3.05, 3.63) is 10.8 Å². The van der Waals surface area contributed by atoms with E-state index in [0.717, 1.165) is 17.2 Å². The van der Waals surface area contributed by atoms with Crippen LogP contribution in [0, 0.1) is 0 Å². The normalized spacial score (nSPS) is 22.4. The Balaban J connectivity index is 2.39. The first kappa shape index (κ1) is 6.22. The Morgan fingerprint density at radius 3 is 3.40 bits per heavy atom. The van der Waals surface area contributed by atoms with Gasteiger partial charge < -0.3 is 4.74 Å². The second-order valence-electron chi connectivity index (χ2n) is 2.43. The Morgan fingerprint density at radius 2 is 2.70 bits per heavy atom. The average molecular weight is 203 g/mol. The first-order valence-electron chi connectivity index (χ1n) is 3.15. The molecule has 0 spiro atoms. The number of nitrogens with zero attached hydrogens (tertiary/aromatic N) is 2. The van der Waals surface area contributed by atoms with Gasteiger partial charge in [-0.15, -0.1) is 0 Å². The number of imidazole rings is 1. The van der Waals surface area contributed by atoms with Gasteiger partial charge in [-0.05, 0) is 22.9 Å². The summed E-state index contributed by atoms with van der Waals surface area (Å²) in [4.78, 5) is 4.10. The first-order valence-corrected chi connectivity index (χ1v) is 3.94. The number of hydrogen-bond donors (Lipinski definition) is 0. The Labute approximate surface area is 67.1 Å². The van der Waals surface area contributed by atoms with Gasteiger partial charge in [0.2, 0.25) is 0 Å². The van der Waals surface area contributed by atoms with E-state index in [1.165, 1.54) is 0 Å². The molecule has 0 saturated heterocycles. The SMILES string of the molecule is C[C@H]1Cn2cc(Br)nc2O1. The van der Waals surface area contributed by atoms with E-state index >= 15 is 0 Å². The number of ether oxygens (including phenoxy) is 1. The molecule has 54 valence electrons. The zero-order valence-corrected chi connectivity index (χ0v) is 7.13. The molecule has 0 bridgehead atoms. The molecule has 0 aromatic carbocycles. The molecule has 10 heavy (non-hydrogen) atoms. The summed E-state index contributed by atoms with van der Waals surface area (Å²) in [6.45, 7) is 2.94. The largest absolute Gasteiger partial charge is 0.460 e. The molecular weight excluding hydrogens is 196 g/mol. The van der Waals surface area contributed by atoms with E-state index in [4.69, 9.17) is 4.74 Å². The van der Waals surface area contributed by atoms with E-state index in [2.05, 4.69) is 20.9 Å². The van der Waals surface area contributed by atoms with Gasteiger partial charge in [-0.3, -0.25) is 4.57 Å². The summed E-state index contributed by atoms with van der Waals surface area (Å²) in [5.74, 6) is 0. The van der Waals surface area contributed by atoms with E-state index in [-0.39, 0.29) is 6.10 Å². The van der Waals surface area contributed by atoms with Crippen molar-refractivity contribution in [1.29, 1.82) is 0 Å². The fraction of sp³-hybridized carbons (Fsp3) is 0.500. The van der Waals surface area contributed by atoms with Crippen molar-refractivity contribution in [2.45, 2.75) is 19.6 Å². The van der Waals surface area contributed by atoms with Crippen LogP contribution in [0.4, 0.5) is 0 Å². The quantitative estimate of drug-likeness (QED) is 0.637. The lowest BCUT2D eigenvalue weighted by molar-refractivity contribution is 0.245. The molecule has 1 aromatic rings. The van der Waals surface area contributed by atoms with Crippen LogP contribution in [-0.4, -0.2) is 15.7 Å². The third-order valence-electron chi connectivity index (χ3n) is 1.47. The highest BCUT2D eigenvalue weighted by molar-refractivity contribution is 9.10. The average Bonchev–Trinajstić information content (AvgIpc) is 2.21. The molecule has 0 fully saturated rings. The molecule has 0 N–H and O–H groups in total. The summed E-state index contributed by atoms with van der Waals surface area (Å²) in [5, 5.41) is 0. The van der Waals surface area contributed by atoms with Gasteiger partial charge in [0.05, 0.1) is 6.54 Å². The summed E-state index contributed by atoms with van der Waals surface area (Å²) >= 11 is 3.27. The van der Waals surface area contributed by atoms with E-state index in [1.54, 1.807) is 0 Å². The molecule has 0 radical (unpaired) electrons. The Hall–Kier alpha value is -0.510. The van der Waals surface area contributed by atoms with Gasteiger partial charge >= 0.3 is 0 Å². The molecule has 3 nitrogen and oxygen atoms in total. The van der Waals surface area contributed by atoms with Crippen LogP contribution in [0.1, 0.15) is 6.92 Å². The summed E-state index contributed by atoms with van der Waals surface area (Å²) in [6, 6.07) is 0.722. The van der Waals surface area contributed by atoms with Crippen LogP contribution in [0.2, 0.25) is 0 Å². The minimum atomic E-state index is 0.274. The summed E-state index contributed by atoms with van der Waals surface area (Å²) in [6.07, 6.45) is 2.20. The minimum Gasteiger partial charge on any atom is -0.460 e. The molecule has 0 unspecified atom stereocenters. The number of halogens is 1. The predicted molar refractivity (Wildman–Crippen MR) is 40.0 cm³/mol. The third-order valence-corrected chi connectivity index (χ3v) is 1.85. The van der Waals surface area contributed by atoms with Crippen molar-refractivity contribution in [3.8, 4) is 6.01 Å². The smallest absolute Gasteiger partial charge is 0.297 e. The van der Waals surface area contributed by atoms with E-state index in [9.17, 15) is 0 Å². The molecule has 2 heterocycles. The lowest BCUT2D eigenvalue weighted by Crippen LogP contribution is -2.07. The monoisotopic (exact) mass is 202 g/mol. The molecule has 0 saturated carbocycles. The van der Waals surface area contributed by atoms with Crippen LogP contribution in [0.15, 0.2) is 10.8 Å². The highest BCUT2D eigenvalue weighted by Gasteiger charge is 2.19. The molecule has 4 heteroatoms. The van der Waals surface area contributed by atoms with Crippen LogP contribution in [-0.2, 0) is 6.54 Å². The molecule has 1 aliphatic heterocycles. The second kappa shape index (κ2) is 1.99. The standard InChI is InChI=1S/C6H7BrN2O/c1-4-2-9-3-5(7)8-6(9)10-4/h3-4H,2H2,1H3/t4-/m0/s1. The summed E-state index contributed by atoms with van der Waals surface area (Å²) in [5.41, 5.74) is 0. The van der Waals surface area contributed by atoms with Gasteiger partial charge in [0.1, 0.15) is 10.7 Å². The van der Waals surface area contributed by atoms with Gasteiger partial charge in [-0.25, -0.2) is 0 Å². The van der Waals surface area contributed by atoms with Crippen LogP contribution >= 0.6 is 15.9 Å². The highest BCUT2D eigenvalue weighted by atomic mass is 79.9. The van der Waals surface area contributed by atoms with Gasteiger partial charge in [-0.1, -0.05) is 0 Å². The Morgan fingerprint density at radius 1 is 1.90 bits per heavy atom. The topological polar surface area (TPSA) is 27.1 Å². The molecular formula is C6H7BrN2O. The van der Waals surface area contributed by atoms with Crippen molar-refractivity contribution in [2.75, 3.05) is 0 Å². The fourth-order valence-electron chi connectivity index (χ4n) is 1.09. The van der Waals surface area contributed by atoms with E-state index in [0.29, 0.717) is 0 Å². The van der Waals surface area contributed by atoms with Crippen LogP contribution in [0.5, 0.6) is 6.01 Å². The third kappa shape index (κ3) is 0.831. The molecule has 0 aliphatic carbocycles. The number of aromatic nitrogens is 2. The predicted octanol–water partition coefficient (Wildman–Crippen LogP) is 1.43. The minimum absolute atomic E-state index is 0.274. The number of hydrogen-bond acceptors (Lipinski definition) is 2. The van der Waals surface area contributed by atoms with Crippen molar-refractivity contribution in [1.82, 2.24) is 9.55 Å². The summed E-state index contributed by atoms with van der Waals surface area (Å²) in [7, 11) is 0. The van der Waals surface area contributed by atoms with Crippen LogP contribution in [0.3, 0.4) is 0 Å². The van der Waals surface area contributed by atoms with Gasteiger partial charge in [0.25, 0.3) is 6.01 Å². The van der Waals surface area contributed by atoms with Crippen molar-refractivity contribution in [2.24, 2.45) is 0 Å². The van der Waals surface area contributed by atoms with E-state index < -0.39 is 0 Å². The summed E-state index contributed by atoms with van der Waals surface area (Å²) < 4.78 is 8.19.